The predicted octanol–water partition coefficient (Wildman–Crippen LogP) is 19.6. The van der Waals surface area contributed by atoms with E-state index in [1.807, 2.05) is 158 Å². The zero-order valence-corrected chi connectivity index (χ0v) is 47.0. The molecule has 0 atom stereocenters. The summed E-state index contributed by atoms with van der Waals surface area (Å²) in [6, 6.07) is 92.8. The number of carbonyl (C=O) groups excluding carboxylic acids is 2. The highest BCUT2D eigenvalue weighted by atomic mass is 16.5. The molecular formula is C78H48N6O4. The summed E-state index contributed by atoms with van der Waals surface area (Å²) in [7, 11) is 0. The van der Waals surface area contributed by atoms with E-state index in [2.05, 4.69) is 128 Å². The van der Waals surface area contributed by atoms with E-state index in [0.717, 1.165) is 135 Å². The SMILES string of the molecule is O=C(c1ccc(C(=O)c2ccc(-n3c4ccccc4c4cc(-c5ccc(N6c7ccccc7Oc7ccccc76)nc5)ccc43)cc2)cc1)c1ccc(-n2c3ccccc3c3cc(-c4ccc(N5c6ccccc6Oc6ccccc65)nc4)ccc32)cc1. The van der Waals surface area contributed by atoms with E-state index in [1.165, 1.54) is 0 Å². The van der Waals surface area contributed by atoms with Crippen molar-refractivity contribution < 1.29 is 19.1 Å². The summed E-state index contributed by atoms with van der Waals surface area (Å²) in [5, 5.41) is 4.46. The maximum Gasteiger partial charge on any atom is 0.193 e. The molecule has 0 aliphatic carbocycles. The van der Waals surface area contributed by atoms with Gasteiger partial charge in [-0.2, -0.15) is 0 Å². The molecule has 0 radical (unpaired) electrons. The molecule has 0 fully saturated rings. The summed E-state index contributed by atoms with van der Waals surface area (Å²) >= 11 is 0. The largest absolute Gasteiger partial charge is 0.453 e. The normalized spacial score (nSPS) is 12.3. The Morgan fingerprint density at radius 1 is 0.284 bits per heavy atom. The van der Waals surface area contributed by atoms with Gasteiger partial charge in [-0.15, -0.1) is 0 Å². The van der Waals surface area contributed by atoms with Crippen molar-refractivity contribution in [2.45, 2.75) is 0 Å². The van der Waals surface area contributed by atoms with E-state index in [0.29, 0.717) is 22.3 Å². The molecule has 0 amide bonds. The Morgan fingerprint density at radius 2 is 0.591 bits per heavy atom. The molecule has 0 spiro atoms. The van der Waals surface area contributed by atoms with Gasteiger partial charge in [0, 0.05) is 78.7 Å². The Hall–Kier alpha value is -12.1. The number of nitrogens with zero attached hydrogens (tertiary/aromatic N) is 6. The summed E-state index contributed by atoms with van der Waals surface area (Å²) < 4.78 is 17.0. The number of anilines is 6. The van der Waals surface area contributed by atoms with Crippen LogP contribution in [0.25, 0.3) is 77.2 Å². The summed E-state index contributed by atoms with van der Waals surface area (Å²) in [6.07, 6.45) is 3.87. The molecule has 11 aromatic carbocycles. The van der Waals surface area contributed by atoms with Crippen molar-refractivity contribution in [3.8, 4) is 56.6 Å². The van der Waals surface area contributed by atoms with Gasteiger partial charge in [0.05, 0.1) is 44.8 Å². The first kappa shape index (κ1) is 50.4. The number of carbonyl (C=O) groups is 2. The highest BCUT2D eigenvalue weighted by Gasteiger charge is 2.28. The monoisotopic (exact) mass is 1130 g/mol. The topological polar surface area (TPSA) is 94.7 Å². The molecule has 88 heavy (non-hydrogen) atoms. The van der Waals surface area contributed by atoms with Gasteiger partial charge >= 0.3 is 0 Å². The lowest BCUT2D eigenvalue weighted by molar-refractivity contribution is 0.102. The maximum absolute atomic E-state index is 14.1. The smallest absolute Gasteiger partial charge is 0.193 e. The molecule has 2 aliphatic heterocycles. The molecule has 6 heterocycles. The summed E-state index contributed by atoms with van der Waals surface area (Å²) in [6.45, 7) is 0. The van der Waals surface area contributed by atoms with Crippen molar-refractivity contribution in [2.24, 2.45) is 0 Å². The van der Waals surface area contributed by atoms with Crippen LogP contribution in [0, 0.1) is 0 Å². The summed E-state index contributed by atoms with van der Waals surface area (Å²) in [5.74, 6) is 4.47. The summed E-state index contributed by atoms with van der Waals surface area (Å²) in [4.78, 5) is 42.4. The Bertz CT molecular complexity index is 4880. The third-order valence-corrected chi connectivity index (χ3v) is 17.0. The van der Waals surface area contributed by atoms with E-state index in [1.54, 1.807) is 24.3 Å². The molecule has 10 heteroatoms. The molecule has 414 valence electrons. The highest BCUT2D eigenvalue weighted by molar-refractivity contribution is 6.14. The number of hydrogen-bond donors (Lipinski definition) is 0. The standard InChI is InChI=1S/C78H48N6O4/c85-77(51-29-37-57(38-30-51)81-63-15-3-1-13-59(63)61-45-53(33-41-65(61)81)55-35-43-75(79-47-55)83-67-17-5-9-21-71(67)87-72-22-10-6-18-68(72)83)49-25-27-50(28-26-49)78(86)52-31-39-58(40-32-52)82-64-16-4-2-14-60(64)62-46-54(34-42-66(62)82)56-36-44-76(80-48-56)84-69-19-7-11-23-73(69)88-74-24-12-8-20-70(74)84/h1-48H. The Morgan fingerprint density at radius 3 is 0.943 bits per heavy atom. The van der Waals surface area contributed by atoms with Crippen LogP contribution in [0.2, 0.25) is 0 Å². The first-order chi connectivity index (χ1) is 43.5. The molecule has 10 nitrogen and oxygen atoms in total. The second-order valence-electron chi connectivity index (χ2n) is 22.1. The van der Waals surface area contributed by atoms with E-state index in [4.69, 9.17) is 19.4 Å². The van der Waals surface area contributed by atoms with Crippen molar-refractivity contribution in [3.63, 3.8) is 0 Å². The second-order valence-corrected chi connectivity index (χ2v) is 22.1. The number of hydrogen-bond acceptors (Lipinski definition) is 8. The first-order valence-corrected chi connectivity index (χ1v) is 29.2. The van der Waals surface area contributed by atoms with Crippen molar-refractivity contribution in [3.05, 3.63) is 314 Å². The van der Waals surface area contributed by atoms with Crippen LogP contribution in [0.3, 0.4) is 0 Å². The van der Waals surface area contributed by atoms with Crippen LogP contribution in [0.1, 0.15) is 31.8 Å². The van der Waals surface area contributed by atoms with Crippen molar-refractivity contribution in [1.82, 2.24) is 19.1 Å². The van der Waals surface area contributed by atoms with E-state index in [9.17, 15) is 9.59 Å². The number of pyridine rings is 2. The van der Waals surface area contributed by atoms with E-state index < -0.39 is 0 Å². The minimum absolute atomic E-state index is 0.127. The number of aromatic nitrogens is 4. The van der Waals surface area contributed by atoms with Gasteiger partial charge < -0.3 is 18.6 Å². The average molecular weight is 1130 g/mol. The Balaban J connectivity index is 0.597. The molecule has 0 N–H and O–H groups in total. The molecular weight excluding hydrogens is 1080 g/mol. The number of ketones is 2. The van der Waals surface area contributed by atoms with Gasteiger partial charge in [-0.1, -0.05) is 121 Å². The Labute approximate surface area is 505 Å². The van der Waals surface area contributed by atoms with Gasteiger partial charge in [0.1, 0.15) is 11.6 Å². The molecule has 0 saturated heterocycles. The van der Waals surface area contributed by atoms with Crippen molar-refractivity contribution >= 4 is 89.6 Å². The van der Waals surface area contributed by atoms with Crippen LogP contribution in [0.5, 0.6) is 23.0 Å². The number of rotatable bonds is 10. The number of para-hydroxylation sites is 10. The van der Waals surface area contributed by atoms with Crippen LogP contribution in [-0.4, -0.2) is 30.7 Å². The molecule has 0 unspecified atom stereocenters. The number of ether oxygens (including phenoxy) is 2. The van der Waals surface area contributed by atoms with Crippen molar-refractivity contribution in [1.29, 1.82) is 0 Å². The quantitative estimate of drug-likeness (QED) is 0.125. The lowest BCUT2D eigenvalue weighted by Gasteiger charge is -2.31. The van der Waals surface area contributed by atoms with Gasteiger partial charge in [-0.25, -0.2) is 9.97 Å². The fourth-order valence-electron chi connectivity index (χ4n) is 12.8. The Kier molecular flexibility index (Phi) is 11.6. The van der Waals surface area contributed by atoms with E-state index in [-0.39, 0.29) is 11.6 Å². The zero-order valence-electron chi connectivity index (χ0n) is 47.0. The van der Waals surface area contributed by atoms with Crippen LogP contribution in [0.4, 0.5) is 34.4 Å². The lowest BCUT2D eigenvalue weighted by Crippen LogP contribution is -2.16. The average Bonchev–Trinajstić information content (AvgIpc) is 2.63. The molecule has 0 saturated carbocycles. The van der Waals surface area contributed by atoms with Crippen LogP contribution in [0.15, 0.2) is 291 Å². The molecule has 15 aromatic rings. The fourth-order valence-corrected chi connectivity index (χ4v) is 12.8. The molecule has 17 rings (SSSR count). The highest BCUT2D eigenvalue weighted by Crippen LogP contribution is 2.51. The van der Waals surface area contributed by atoms with Crippen molar-refractivity contribution in [2.75, 3.05) is 9.80 Å². The minimum Gasteiger partial charge on any atom is -0.453 e. The van der Waals surface area contributed by atoms with Crippen LogP contribution in [-0.2, 0) is 0 Å². The van der Waals surface area contributed by atoms with Gasteiger partial charge in [0.2, 0.25) is 0 Å². The van der Waals surface area contributed by atoms with Crippen LogP contribution >= 0.6 is 0 Å². The molecule has 4 aromatic heterocycles. The molecule has 2 aliphatic rings. The fraction of sp³-hybridized carbons (Fsp3) is 0. The van der Waals surface area contributed by atoms with Gasteiger partial charge in [0.15, 0.2) is 34.6 Å². The maximum atomic E-state index is 14.1. The third-order valence-electron chi connectivity index (χ3n) is 17.0. The molecule has 0 bridgehead atoms. The lowest BCUT2D eigenvalue weighted by atomic mass is 9.98. The number of fused-ring (bicyclic) bond motifs is 10. The predicted molar refractivity (Wildman–Crippen MR) is 351 cm³/mol. The second kappa shape index (κ2) is 20.3. The van der Waals surface area contributed by atoms with Gasteiger partial charge in [-0.05, 0) is 169 Å². The minimum atomic E-state index is -0.127. The number of benzene rings is 11. The summed E-state index contributed by atoms with van der Waals surface area (Å²) in [5.41, 5.74) is 16.0. The van der Waals surface area contributed by atoms with E-state index >= 15 is 0 Å². The first-order valence-electron chi connectivity index (χ1n) is 29.2. The zero-order chi connectivity index (χ0) is 58.4. The third kappa shape index (κ3) is 8.26. The van der Waals surface area contributed by atoms with Gasteiger partial charge in [-0.3, -0.25) is 19.4 Å². The van der Waals surface area contributed by atoms with Gasteiger partial charge in [0.25, 0.3) is 0 Å². The van der Waals surface area contributed by atoms with Crippen LogP contribution < -0.4 is 19.3 Å².